The number of sulfonamides is 1. The number of amides is 1. The summed E-state index contributed by atoms with van der Waals surface area (Å²) in [4.78, 5) is 14.0. The molecule has 0 aliphatic heterocycles. The molecule has 8 heteroatoms. The van der Waals surface area contributed by atoms with Crippen LogP contribution in [0.2, 0.25) is 10.0 Å². The second-order valence-corrected chi connectivity index (χ2v) is 8.45. The summed E-state index contributed by atoms with van der Waals surface area (Å²) in [6, 6.07) is 19.6. The van der Waals surface area contributed by atoms with Gasteiger partial charge in [-0.15, -0.1) is 0 Å². The first-order chi connectivity index (χ1) is 13.3. The molecule has 0 radical (unpaired) electrons. The lowest BCUT2D eigenvalue weighted by atomic mass is 10.1. The normalized spacial score (nSPS) is 11.1. The van der Waals surface area contributed by atoms with Gasteiger partial charge >= 0.3 is 0 Å². The van der Waals surface area contributed by atoms with Gasteiger partial charge in [-0.2, -0.15) is 0 Å². The quantitative estimate of drug-likeness (QED) is 0.609. The summed E-state index contributed by atoms with van der Waals surface area (Å²) in [6.07, 6.45) is 0. The number of para-hydroxylation sites is 1. The van der Waals surface area contributed by atoms with E-state index in [1.54, 1.807) is 19.2 Å². The van der Waals surface area contributed by atoms with Gasteiger partial charge in [-0.1, -0.05) is 41.4 Å². The van der Waals surface area contributed by atoms with Gasteiger partial charge in [-0.25, -0.2) is 8.42 Å². The molecule has 0 fully saturated rings. The van der Waals surface area contributed by atoms with E-state index < -0.39 is 10.0 Å². The SMILES string of the molecule is CN(C(=O)c1ccc(NS(=O)(=O)c2cc(Cl)ccc2Cl)cc1)c1ccccc1. The zero-order chi connectivity index (χ0) is 20.3. The minimum atomic E-state index is -3.92. The first-order valence-electron chi connectivity index (χ1n) is 8.19. The summed E-state index contributed by atoms with van der Waals surface area (Å²) in [6.45, 7) is 0. The highest BCUT2D eigenvalue weighted by molar-refractivity contribution is 7.92. The molecule has 3 aromatic rings. The lowest BCUT2D eigenvalue weighted by Gasteiger charge is -2.17. The van der Waals surface area contributed by atoms with E-state index in [1.807, 2.05) is 30.3 Å². The zero-order valence-corrected chi connectivity index (χ0v) is 17.1. The van der Waals surface area contributed by atoms with Crippen LogP contribution in [-0.2, 0) is 10.0 Å². The molecular formula is C20H16Cl2N2O3S. The molecule has 3 aromatic carbocycles. The smallest absolute Gasteiger partial charge is 0.263 e. The van der Waals surface area contributed by atoms with E-state index >= 15 is 0 Å². The number of carbonyl (C=O) groups is 1. The molecule has 0 aliphatic carbocycles. The van der Waals surface area contributed by atoms with Crippen molar-refractivity contribution in [3.63, 3.8) is 0 Å². The fourth-order valence-electron chi connectivity index (χ4n) is 2.54. The second kappa shape index (κ2) is 8.22. The third-order valence-electron chi connectivity index (χ3n) is 4.01. The first kappa shape index (κ1) is 20.2. The molecule has 0 aromatic heterocycles. The van der Waals surface area contributed by atoms with Gasteiger partial charge < -0.3 is 4.90 Å². The summed E-state index contributed by atoms with van der Waals surface area (Å²) in [7, 11) is -2.24. The molecule has 0 heterocycles. The highest BCUT2D eigenvalue weighted by Gasteiger charge is 2.19. The highest BCUT2D eigenvalue weighted by atomic mass is 35.5. The van der Waals surface area contributed by atoms with Crippen LogP contribution in [0, 0.1) is 0 Å². The van der Waals surface area contributed by atoms with Crippen LogP contribution >= 0.6 is 23.2 Å². The maximum Gasteiger partial charge on any atom is 0.263 e. The Kier molecular flexibility index (Phi) is 5.93. The third-order valence-corrected chi connectivity index (χ3v) is 6.11. The predicted molar refractivity (Wildman–Crippen MR) is 113 cm³/mol. The minimum Gasteiger partial charge on any atom is -0.311 e. The number of benzene rings is 3. The van der Waals surface area contributed by atoms with Crippen molar-refractivity contribution in [1.82, 2.24) is 0 Å². The van der Waals surface area contributed by atoms with Gasteiger partial charge in [0.15, 0.2) is 0 Å². The molecule has 3 rings (SSSR count). The first-order valence-corrected chi connectivity index (χ1v) is 10.4. The van der Waals surface area contributed by atoms with Gasteiger partial charge in [0.05, 0.1) is 5.02 Å². The number of carbonyl (C=O) groups excluding carboxylic acids is 1. The number of anilines is 2. The fourth-order valence-corrected chi connectivity index (χ4v) is 4.36. The molecular weight excluding hydrogens is 419 g/mol. The third kappa shape index (κ3) is 4.47. The van der Waals surface area contributed by atoms with Crippen molar-refractivity contribution >= 4 is 50.5 Å². The lowest BCUT2D eigenvalue weighted by Crippen LogP contribution is -2.26. The van der Waals surface area contributed by atoms with Crippen LogP contribution in [0.15, 0.2) is 77.7 Å². The average Bonchev–Trinajstić information content (AvgIpc) is 2.69. The molecule has 1 amide bonds. The van der Waals surface area contributed by atoms with E-state index in [-0.39, 0.29) is 20.8 Å². The van der Waals surface area contributed by atoms with E-state index in [1.165, 1.54) is 35.2 Å². The summed E-state index contributed by atoms with van der Waals surface area (Å²) in [5.74, 6) is -0.210. The molecule has 5 nitrogen and oxygen atoms in total. The number of rotatable bonds is 5. The molecule has 0 bridgehead atoms. The van der Waals surface area contributed by atoms with Crippen LogP contribution in [0.1, 0.15) is 10.4 Å². The summed E-state index contributed by atoms with van der Waals surface area (Å²) < 4.78 is 27.5. The topological polar surface area (TPSA) is 66.5 Å². The Labute approximate surface area is 173 Å². The summed E-state index contributed by atoms with van der Waals surface area (Å²) in [5, 5.41) is 0.322. The second-order valence-electron chi connectivity index (χ2n) is 5.96. The summed E-state index contributed by atoms with van der Waals surface area (Å²) >= 11 is 11.8. The van der Waals surface area contributed by atoms with Crippen molar-refractivity contribution in [3.05, 3.63) is 88.4 Å². The molecule has 0 saturated heterocycles. The standard InChI is InChI=1S/C20H16Cl2N2O3S/c1-24(17-5-3-2-4-6-17)20(25)14-7-10-16(11-8-14)23-28(26,27)19-13-15(21)9-12-18(19)22/h2-13,23H,1H3. The largest absolute Gasteiger partial charge is 0.311 e. The van der Waals surface area contributed by atoms with E-state index in [2.05, 4.69) is 4.72 Å². The van der Waals surface area contributed by atoms with Gasteiger partial charge in [-0.05, 0) is 54.6 Å². The van der Waals surface area contributed by atoms with E-state index in [9.17, 15) is 13.2 Å². The van der Waals surface area contributed by atoms with Crippen molar-refractivity contribution in [2.24, 2.45) is 0 Å². The number of nitrogens with zero attached hydrogens (tertiary/aromatic N) is 1. The predicted octanol–water partition coefficient (Wildman–Crippen LogP) is 5.07. The summed E-state index contributed by atoms with van der Waals surface area (Å²) in [5.41, 5.74) is 1.48. The van der Waals surface area contributed by atoms with Gasteiger partial charge in [0.2, 0.25) is 0 Å². The molecule has 0 unspecified atom stereocenters. The van der Waals surface area contributed by atoms with Crippen molar-refractivity contribution in [3.8, 4) is 0 Å². The maximum absolute atomic E-state index is 12.6. The number of hydrogen-bond donors (Lipinski definition) is 1. The van der Waals surface area contributed by atoms with Gasteiger partial charge in [0.25, 0.3) is 15.9 Å². The van der Waals surface area contributed by atoms with Crippen LogP contribution in [0.25, 0.3) is 0 Å². The van der Waals surface area contributed by atoms with E-state index in [0.29, 0.717) is 11.3 Å². The number of halogens is 2. The van der Waals surface area contributed by atoms with Crippen LogP contribution in [0.5, 0.6) is 0 Å². The number of nitrogens with one attached hydrogen (secondary N) is 1. The molecule has 28 heavy (non-hydrogen) atoms. The Hall–Kier alpha value is -2.54. The molecule has 0 saturated carbocycles. The fraction of sp³-hybridized carbons (Fsp3) is 0.0500. The van der Waals surface area contributed by atoms with Crippen LogP contribution in [-0.4, -0.2) is 21.4 Å². The molecule has 144 valence electrons. The Morgan fingerprint density at radius 1 is 0.929 bits per heavy atom. The Balaban J connectivity index is 1.79. The van der Waals surface area contributed by atoms with Gasteiger partial charge in [0.1, 0.15) is 4.90 Å². The van der Waals surface area contributed by atoms with Crippen molar-refractivity contribution < 1.29 is 13.2 Å². The van der Waals surface area contributed by atoms with Gasteiger partial charge in [-0.3, -0.25) is 9.52 Å². The number of hydrogen-bond acceptors (Lipinski definition) is 3. The van der Waals surface area contributed by atoms with E-state index in [0.717, 1.165) is 5.69 Å². The molecule has 0 spiro atoms. The van der Waals surface area contributed by atoms with Crippen molar-refractivity contribution in [2.75, 3.05) is 16.7 Å². The Bertz CT molecular complexity index is 1100. The molecule has 0 atom stereocenters. The van der Waals surface area contributed by atoms with E-state index in [4.69, 9.17) is 23.2 Å². The van der Waals surface area contributed by atoms with Crippen LogP contribution in [0.4, 0.5) is 11.4 Å². The van der Waals surface area contributed by atoms with Gasteiger partial charge in [0, 0.05) is 29.0 Å². The highest BCUT2D eigenvalue weighted by Crippen LogP contribution is 2.27. The monoisotopic (exact) mass is 434 g/mol. The van der Waals surface area contributed by atoms with Crippen molar-refractivity contribution in [2.45, 2.75) is 4.90 Å². The molecule has 1 N–H and O–H groups in total. The lowest BCUT2D eigenvalue weighted by molar-refractivity contribution is 0.0993. The molecule has 0 aliphatic rings. The maximum atomic E-state index is 12.6. The van der Waals surface area contributed by atoms with Crippen molar-refractivity contribution in [1.29, 1.82) is 0 Å². The zero-order valence-electron chi connectivity index (χ0n) is 14.8. The average molecular weight is 435 g/mol. The van der Waals surface area contributed by atoms with Crippen LogP contribution in [0.3, 0.4) is 0 Å². The minimum absolute atomic E-state index is 0.0631. The van der Waals surface area contributed by atoms with Crippen LogP contribution < -0.4 is 9.62 Å². The Morgan fingerprint density at radius 3 is 2.21 bits per heavy atom. The Morgan fingerprint density at radius 2 is 1.57 bits per heavy atom.